The number of allylic oxidation sites excluding steroid dienone is 3. The van der Waals surface area contributed by atoms with E-state index in [4.69, 9.17) is 9.47 Å². The van der Waals surface area contributed by atoms with E-state index < -0.39 is 91.5 Å². The molecule has 3 N–H and O–H groups in total. The van der Waals surface area contributed by atoms with Gasteiger partial charge in [0.2, 0.25) is 27.7 Å². The van der Waals surface area contributed by atoms with Gasteiger partial charge in [-0.1, -0.05) is 57.0 Å². The zero-order chi connectivity index (χ0) is 41.3. The van der Waals surface area contributed by atoms with Crippen molar-refractivity contribution in [2.45, 2.75) is 120 Å². The highest BCUT2D eigenvalue weighted by molar-refractivity contribution is 7.91. The molecule has 3 aliphatic heterocycles. The first-order valence-electron chi connectivity index (χ1n) is 20.5. The molecular weight excluding hydrogens is 775 g/mol. The van der Waals surface area contributed by atoms with Gasteiger partial charge in [-0.15, -0.1) is 0 Å². The molecule has 5 atom stereocenters. The Morgan fingerprint density at radius 2 is 1.72 bits per heavy atom. The zero-order valence-corrected chi connectivity index (χ0v) is 33.7. The number of sulfonamides is 1. The molecule has 4 amide bonds. The summed E-state index contributed by atoms with van der Waals surface area (Å²) >= 11 is 0. The summed E-state index contributed by atoms with van der Waals surface area (Å²) < 4.78 is 72.7. The maximum absolute atomic E-state index is 16.3. The van der Waals surface area contributed by atoms with Crippen LogP contribution in [0.15, 0.2) is 48.6 Å². The first-order valence-corrected chi connectivity index (χ1v) is 22.0. The second-order valence-corrected chi connectivity index (χ2v) is 18.4. The van der Waals surface area contributed by atoms with E-state index in [1.807, 2.05) is 19.9 Å². The van der Waals surface area contributed by atoms with Crippen LogP contribution in [0.25, 0.3) is 11.0 Å². The summed E-state index contributed by atoms with van der Waals surface area (Å²) in [4.78, 5) is 66.1. The van der Waals surface area contributed by atoms with Gasteiger partial charge in [0.1, 0.15) is 17.7 Å². The van der Waals surface area contributed by atoms with Crippen LogP contribution in [0.3, 0.4) is 0 Å². The number of para-hydroxylation sites is 2. The number of hydrogen-bond acceptors (Lipinski definition) is 10. The normalized spacial score (nSPS) is 30.3. The fourth-order valence-corrected chi connectivity index (χ4v) is 9.60. The summed E-state index contributed by atoms with van der Waals surface area (Å²) in [6, 6.07) is 5.44. The van der Waals surface area contributed by atoms with Crippen molar-refractivity contribution in [2.24, 2.45) is 17.3 Å². The van der Waals surface area contributed by atoms with Gasteiger partial charge in [-0.05, 0) is 82.4 Å². The minimum Gasteiger partial charge on any atom is -0.470 e. The van der Waals surface area contributed by atoms with Crippen molar-refractivity contribution in [2.75, 3.05) is 19.7 Å². The zero-order valence-electron chi connectivity index (χ0n) is 32.9. The number of alkyl halides is 2. The fourth-order valence-electron chi connectivity index (χ4n) is 8.24. The van der Waals surface area contributed by atoms with Gasteiger partial charge < -0.3 is 25.0 Å². The van der Waals surface area contributed by atoms with Gasteiger partial charge in [0.25, 0.3) is 5.91 Å². The van der Waals surface area contributed by atoms with Crippen molar-refractivity contribution in [3.8, 4) is 5.88 Å². The second-order valence-electron chi connectivity index (χ2n) is 16.4. The first kappa shape index (κ1) is 41.5. The second kappa shape index (κ2) is 16.5. The van der Waals surface area contributed by atoms with Gasteiger partial charge in [0.15, 0.2) is 5.69 Å². The number of carbonyl (C=O) groups is 4. The topological polar surface area (TPSA) is 186 Å². The molecule has 14 nitrogen and oxygen atoms in total. The van der Waals surface area contributed by atoms with E-state index in [1.165, 1.54) is 11.0 Å². The molecule has 2 aromatic rings. The lowest BCUT2D eigenvalue weighted by Gasteiger charge is -2.31. The molecule has 0 spiro atoms. The third-order valence-corrected chi connectivity index (χ3v) is 14.3. The van der Waals surface area contributed by atoms with Gasteiger partial charge in [-0.3, -0.25) is 19.1 Å². The van der Waals surface area contributed by atoms with Crippen molar-refractivity contribution >= 4 is 44.9 Å². The van der Waals surface area contributed by atoms with Crippen molar-refractivity contribution in [1.29, 1.82) is 0 Å². The lowest BCUT2D eigenvalue weighted by Crippen LogP contribution is -2.55. The number of cyclic esters (lactones) is 1. The minimum atomic E-state index is -3.96. The summed E-state index contributed by atoms with van der Waals surface area (Å²) in [6.07, 6.45) is 9.61. The number of nitrogens with zero attached hydrogens (tertiary/aromatic N) is 3. The average Bonchev–Trinajstić information content (AvgIpc) is 4.13. The lowest BCUT2D eigenvalue weighted by molar-refractivity contribution is -0.134. The van der Waals surface area contributed by atoms with E-state index >= 15 is 8.78 Å². The molecular formula is C41H52F2N6O8S. The molecule has 5 aliphatic rings. The van der Waals surface area contributed by atoms with E-state index in [-0.39, 0.29) is 50.0 Å². The van der Waals surface area contributed by atoms with Gasteiger partial charge in [-0.2, -0.15) is 8.78 Å². The molecule has 4 bridgehead atoms. The monoisotopic (exact) mass is 826 g/mol. The molecule has 1 aromatic carbocycles. The summed E-state index contributed by atoms with van der Waals surface area (Å²) in [7, 11) is -3.96. The number of fused-ring (bicyclic) bond motifs is 7. The predicted molar refractivity (Wildman–Crippen MR) is 209 cm³/mol. The number of amides is 4. The third kappa shape index (κ3) is 8.83. The molecule has 1 unspecified atom stereocenters. The van der Waals surface area contributed by atoms with Crippen LogP contribution < -0.4 is 20.1 Å². The molecule has 17 heteroatoms. The highest BCUT2D eigenvalue weighted by Crippen LogP contribution is 2.46. The van der Waals surface area contributed by atoms with Crippen molar-refractivity contribution in [3.63, 3.8) is 0 Å². The molecule has 314 valence electrons. The standard InChI is InChI=1S/C41H52F2N6O8S/c1-3-39(4-2)20-12-13-21-41(42,43)33-35(45-30-16-11-10-15-29(30)44-33)57-32-24-49-23-28(32)34(50)47-40(37(52)48-58(54,55)27-18-19-27)22-26(40)14-8-6-5-7-9-17-31(36(49)51)46-38(53)56-25-39/h8,10-11,13-16,21,26-28,31-32H,3-7,9,12,17-20,22-25H2,1-2H3,(H,46,53)(H,47,50)(H,48,52)/b14-8+,21-13+/t26-,28?,31+,32+,40+/m1/s1. The quantitative estimate of drug-likeness (QED) is 0.339. The number of ether oxygens (including phenoxy) is 2. The summed E-state index contributed by atoms with van der Waals surface area (Å²) in [5, 5.41) is 4.90. The minimum absolute atomic E-state index is 0.0176. The summed E-state index contributed by atoms with van der Waals surface area (Å²) in [6.45, 7) is 3.40. The van der Waals surface area contributed by atoms with Gasteiger partial charge in [0.05, 0.1) is 35.4 Å². The SMILES string of the molecule is CCC1(CC)CC/C=C/C(F)(F)c2nc3ccccc3nc2O[C@H]2CN3CC2C(=O)N[C@@]2(C(=O)NS(=O)(=O)C4CC4)C[C@H]2/C=C/CCCCC[C@H](NC(=O)OC1)C3=O. The molecule has 2 saturated carbocycles. The van der Waals surface area contributed by atoms with E-state index in [2.05, 4.69) is 25.3 Å². The van der Waals surface area contributed by atoms with Crippen LogP contribution in [-0.2, 0) is 35.1 Å². The van der Waals surface area contributed by atoms with Crippen molar-refractivity contribution in [3.05, 3.63) is 54.3 Å². The molecule has 4 heterocycles. The molecule has 3 fully saturated rings. The van der Waals surface area contributed by atoms with E-state index in [0.717, 1.165) is 12.5 Å². The van der Waals surface area contributed by atoms with Crippen LogP contribution in [0, 0.1) is 17.3 Å². The first-order chi connectivity index (χ1) is 27.7. The number of carbonyl (C=O) groups excluding carboxylic acids is 4. The third-order valence-electron chi connectivity index (χ3n) is 12.5. The van der Waals surface area contributed by atoms with Crippen molar-refractivity contribution < 1.29 is 45.9 Å². The van der Waals surface area contributed by atoms with Crippen LogP contribution in [0.4, 0.5) is 13.6 Å². The Morgan fingerprint density at radius 3 is 2.45 bits per heavy atom. The number of rotatable bonds is 5. The molecule has 1 saturated heterocycles. The van der Waals surface area contributed by atoms with Gasteiger partial charge in [0, 0.05) is 17.9 Å². The number of aromatic nitrogens is 2. The molecule has 0 radical (unpaired) electrons. The van der Waals surface area contributed by atoms with Crippen LogP contribution >= 0.6 is 0 Å². The van der Waals surface area contributed by atoms with E-state index in [1.54, 1.807) is 30.3 Å². The van der Waals surface area contributed by atoms with E-state index in [0.29, 0.717) is 51.4 Å². The van der Waals surface area contributed by atoms with Gasteiger partial charge >= 0.3 is 12.0 Å². The maximum Gasteiger partial charge on any atom is 0.407 e. The Kier molecular flexibility index (Phi) is 11.8. The van der Waals surface area contributed by atoms with Crippen LogP contribution in [-0.4, -0.2) is 89.7 Å². The molecule has 7 rings (SSSR count). The number of benzene rings is 1. The van der Waals surface area contributed by atoms with Gasteiger partial charge in [-0.25, -0.2) is 23.2 Å². The Morgan fingerprint density at radius 1 is 0.983 bits per heavy atom. The highest BCUT2D eigenvalue weighted by atomic mass is 32.2. The Bertz CT molecular complexity index is 2090. The van der Waals surface area contributed by atoms with E-state index in [9.17, 15) is 27.6 Å². The molecule has 2 aliphatic carbocycles. The number of alkyl carbamates (subject to hydrolysis) is 1. The average molecular weight is 827 g/mol. The Balaban J connectivity index is 1.29. The molecule has 58 heavy (non-hydrogen) atoms. The highest BCUT2D eigenvalue weighted by Gasteiger charge is 2.62. The smallest absolute Gasteiger partial charge is 0.407 e. The fraction of sp³-hybridized carbons (Fsp3) is 0.610. The van der Waals surface area contributed by atoms with Crippen molar-refractivity contribution in [1.82, 2.24) is 30.2 Å². The van der Waals surface area contributed by atoms with Crippen LogP contribution in [0.5, 0.6) is 5.88 Å². The van der Waals surface area contributed by atoms with Crippen LogP contribution in [0.2, 0.25) is 0 Å². The number of halogens is 2. The number of hydrogen-bond donors (Lipinski definition) is 3. The van der Waals surface area contributed by atoms with Crippen LogP contribution in [0.1, 0.15) is 96.6 Å². The predicted octanol–water partition coefficient (Wildman–Crippen LogP) is 5.18. The lowest BCUT2D eigenvalue weighted by atomic mass is 9.79. The summed E-state index contributed by atoms with van der Waals surface area (Å²) in [5.74, 6) is -8.07. The largest absolute Gasteiger partial charge is 0.470 e. The Labute approximate surface area is 337 Å². The number of nitrogens with one attached hydrogen (secondary N) is 3. The Hall–Kier alpha value is -4.67. The maximum atomic E-state index is 16.3. The summed E-state index contributed by atoms with van der Waals surface area (Å²) in [5.41, 5.74) is -2.42. The molecule has 1 aromatic heterocycles.